The van der Waals surface area contributed by atoms with Gasteiger partial charge in [0.1, 0.15) is 24.0 Å². The van der Waals surface area contributed by atoms with Crippen LogP contribution in [0.3, 0.4) is 0 Å². The smallest absolute Gasteiger partial charge is 0.270 e. The van der Waals surface area contributed by atoms with Gasteiger partial charge >= 0.3 is 0 Å². The average Bonchev–Trinajstić information content (AvgIpc) is 2.78. The minimum atomic E-state index is -0.545. The Morgan fingerprint density at radius 3 is 2.81 bits per heavy atom. The number of hydrogen-bond donors (Lipinski definition) is 2. The Labute approximate surface area is 187 Å². The molecule has 2 N–H and O–H groups in total. The molecule has 0 atom stereocenters. The van der Waals surface area contributed by atoms with Crippen LogP contribution in [0.25, 0.3) is 11.3 Å². The van der Waals surface area contributed by atoms with Crippen molar-refractivity contribution < 1.29 is 9.47 Å². The van der Waals surface area contributed by atoms with E-state index in [2.05, 4.69) is 36.4 Å². The van der Waals surface area contributed by atoms with E-state index in [1.165, 1.54) is 0 Å². The van der Waals surface area contributed by atoms with Gasteiger partial charge in [-0.1, -0.05) is 46.3 Å². The molecule has 0 aliphatic rings. The highest BCUT2D eigenvalue weighted by Crippen LogP contribution is 2.22. The van der Waals surface area contributed by atoms with Gasteiger partial charge in [-0.15, -0.1) is 0 Å². The van der Waals surface area contributed by atoms with Crippen LogP contribution in [0.5, 0.6) is 5.75 Å². The first-order valence-electron chi connectivity index (χ1n) is 9.51. The first kappa shape index (κ1) is 22.2. The van der Waals surface area contributed by atoms with Gasteiger partial charge in [0.25, 0.3) is 5.56 Å². The van der Waals surface area contributed by atoms with E-state index in [1.54, 1.807) is 18.3 Å². The van der Waals surface area contributed by atoms with Crippen molar-refractivity contribution in [2.24, 2.45) is 5.10 Å². The van der Waals surface area contributed by atoms with Gasteiger partial charge < -0.3 is 9.47 Å². The fraction of sp³-hybridized carbons (Fsp3) is 0.182. The summed E-state index contributed by atoms with van der Waals surface area (Å²) < 4.78 is 11.9. The quantitative estimate of drug-likeness (QED) is 0.272. The number of H-pyrrole nitrogens is 1. The van der Waals surface area contributed by atoms with E-state index in [0.29, 0.717) is 31.1 Å². The molecule has 9 heteroatoms. The Kier molecular flexibility index (Phi) is 7.92. The minimum absolute atomic E-state index is 0.0577. The highest BCUT2D eigenvalue weighted by Gasteiger charge is 2.13. The Balaban J connectivity index is 1.82. The van der Waals surface area contributed by atoms with Crippen LogP contribution >= 0.6 is 15.9 Å². The van der Waals surface area contributed by atoms with Crippen molar-refractivity contribution in [1.29, 1.82) is 5.26 Å². The Hall–Kier alpha value is -3.48. The molecule has 0 spiro atoms. The predicted molar refractivity (Wildman–Crippen MR) is 122 cm³/mol. The minimum Gasteiger partial charge on any atom is -0.491 e. The number of benzene rings is 2. The lowest BCUT2D eigenvalue weighted by atomic mass is 10.1. The summed E-state index contributed by atoms with van der Waals surface area (Å²) in [6, 6.07) is 16.5. The fourth-order valence-electron chi connectivity index (χ4n) is 2.70. The molecule has 0 amide bonds. The number of aromatic amines is 1. The zero-order chi connectivity index (χ0) is 22.1. The third-order valence-electron chi connectivity index (χ3n) is 4.11. The third kappa shape index (κ3) is 6.01. The molecule has 31 heavy (non-hydrogen) atoms. The normalized spacial score (nSPS) is 10.7. The maximum atomic E-state index is 12.3. The predicted octanol–water partition coefficient (Wildman–Crippen LogP) is 3.93. The van der Waals surface area contributed by atoms with Crippen LogP contribution in [0.4, 0.5) is 5.95 Å². The van der Waals surface area contributed by atoms with E-state index in [9.17, 15) is 10.1 Å². The lowest BCUT2D eigenvalue weighted by Crippen LogP contribution is -2.16. The molecular formula is C22H20BrN5O3. The van der Waals surface area contributed by atoms with Crippen molar-refractivity contribution in [1.82, 2.24) is 9.97 Å². The van der Waals surface area contributed by atoms with E-state index in [0.717, 1.165) is 10.0 Å². The second-order valence-corrected chi connectivity index (χ2v) is 7.13. The molecule has 3 rings (SSSR count). The van der Waals surface area contributed by atoms with E-state index >= 15 is 0 Å². The van der Waals surface area contributed by atoms with E-state index in [-0.39, 0.29) is 17.2 Å². The Bertz CT molecular complexity index is 1160. The third-order valence-corrected chi connectivity index (χ3v) is 4.61. The van der Waals surface area contributed by atoms with Gasteiger partial charge in [-0.05, 0) is 25.1 Å². The average molecular weight is 482 g/mol. The van der Waals surface area contributed by atoms with Crippen molar-refractivity contribution in [2.75, 3.05) is 25.2 Å². The molecule has 0 saturated carbocycles. The van der Waals surface area contributed by atoms with Crippen LogP contribution in [0.2, 0.25) is 0 Å². The van der Waals surface area contributed by atoms with E-state index in [1.807, 2.05) is 49.4 Å². The number of nitrogens with zero attached hydrogens (tertiary/aromatic N) is 3. The largest absolute Gasteiger partial charge is 0.491 e. The molecule has 158 valence electrons. The van der Waals surface area contributed by atoms with Gasteiger partial charge in [0.15, 0.2) is 0 Å². The zero-order valence-electron chi connectivity index (χ0n) is 16.8. The highest BCUT2D eigenvalue weighted by molar-refractivity contribution is 9.10. The lowest BCUT2D eigenvalue weighted by molar-refractivity contribution is 0.110. The number of halogens is 1. The molecular weight excluding hydrogens is 462 g/mol. The standard InChI is InChI=1S/C22H20BrN5O3/c1-2-30-10-11-31-19-9-8-17(23)12-16(19)14-25-28-22-26-20(15-6-4-3-5-7-15)18(13-24)21(29)27-22/h3-9,12,14H,2,10-11H2,1H3,(H2,26,27,28,29). The molecule has 2 aromatic carbocycles. The summed E-state index contributed by atoms with van der Waals surface area (Å²) >= 11 is 3.43. The summed E-state index contributed by atoms with van der Waals surface area (Å²) in [5, 5.41) is 13.5. The molecule has 3 aromatic rings. The van der Waals surface area contributed by atoms with Crippen molar-refractivity contribution in [3.05, 3.63) is 74.5 Å². The molecule has 0 aliphatic carbocycles. The van der Waals surface area contributed by atoms with Gasteiger partial charge in [-0.3, -0.25) is 9.78 Å². The molecule has 0 saturated heterocycles. The van der Waals surface area contributed by atoms with Gasteiger partial charge in [0.05, 0.1) is 18.5 Å². The van der Waals surface area contributed by atoms with Crippen molar-refractivity contribution in [3.63, 3.8) is 0 Å². The summed E-state index contributed by atoms with van der Waals surface area (Å²) in [6.07, 6.45) is 1.56. The van der Waals surface area contributed by atoms with Crippen molar-refractivity contribution in [3.8, 4) is 23.1 Å². The number of hydrogen-bond acceptors (Lipinski definition) is 7. The first-order valence-corrected chi connectivity index (χ1v) is 10.3. The molecule has 0 fully saturated rings. The molecule has 1 heterocycles. The van der Waals surface area contributed by atoms with Crippen molar-refractivity contribution >= 4 is 28.1 Å². The number of rotatable bonds is 9. The van der Waals surface area contributed by atoms with Crippen LogP contribution in [-0.2, 0) is 4.74 Å². The van der Waals surface area contributed by atoms with E-state index < -0.39 is 5.56 Å². The molecule has 1 aromatic heterocycles. The van der Waals surface area contributed by atoms with Gasteiger partial charge in [-0.25, -0.2) is 10.4 Å². The molecule has 0 radical (unpaired) electrons. The Morgan fingerprint density at radius 1 is 1.26 bits per heavy atom. The summed E-state index contributed by atoms with van der Waals surface area (Å²) in [4.78, 5) is 19.2. The number of aromatic nitrogens is 2. The zero-order valence-corrected chi connectivity index (χ0v) is 18.3. The summed E-state index contributed by atoms with van der Waals surface area (Å²) in [7, 11) is 0. The molecule has 0 unspecified atom stereocenters. The number of hydrazone groups is 1. The fourth-order valence-corrected chi connectivity index (χ4v) is 3.08. The monoisotopic (exact) mass is 481 g/mol. The first-order chi connectivity index (χ1) is 15.1. The van der Waals surface area contributed by atoms with Crippen LogP contribution < -0.4 is 15.7 Å². The maximum Gasteiger partial charge on any atom is 0.270 e. The number of ether oxygens (including phenoxy) is 2. The summed E-state index contributed by atoms with van der Waals surface area (Å²) in [6.45, 7) is 3.45. The van der Waals surface area contributed by atoms with Crippen LogP contribution in [0.1, 0.15) is 18.1 Å². The molecule has 8 nitrogen and oxygen atoms in total. The second kappa shape index (κ2) is 11.1. The van der Waals surface area contributed by atoms with Crippen molar-refractivity contribution in [2.45, 2.75) is 6.92 Å². The maximum absolute atomic E-state index is 12.3. The summed E-state index contributed by atoms with van der Waals surface area (Å²) in [5.41, 5.74) is 3.78. The Morgan fingerprint density at radius 2 is 2.06 bits per heavy atom. The van der Waals surface area contributed by atoms with Crippen LogP contribution in [0.15, 0.2) is 62.9 Å². The lowest BCUT2D eigenvalue weighted by Gasteiger charge is -2.10. The van der Waals surface area contributed by atoms with E-state index in [4.69, 9.17) is 9.47 Å². The number of nitrogens with one attached hydrogen (secondary N) is 2. The van der Waals surface area contributed by atoms with Gasteiger partial charge in [0, 0.05) is 22.2 Å². The molecule has 0 aliphatic heterocycles. The number of anilines is 1. The van der Waals surface area contributed by atoms with Gasteiger partial charge in [0.2, 0.25) is 5.95 Å². The highest BCUT2D eigenvalue weighted by atomic mass is 79.9. The SMILES string of the molecule is CCOCCOc1ccc(Br)cc1C=NNc1nc(-c2ccccc2)c(C#N)c(=O)[nH]1. The molecule has 0 bridgehead atoms. The van der Waals surface area contributed by atoms with Crippen LogP contribution in [-0.4, -0.2) is 36.0 Å². The number of nitriles is 1. The van der Waals surface area contributed by atoms with Crippen LogP contribution in [0, 0.1) is 11.3 Å². The topological polar surface area (TPSA) is 112 Å². The second-order valence-electron chi connectivity index (χ2n) is 6.21. The van der Waals surface area contributed by atoms with Gasteiger partial charge in [-0.2, -0.15) is 10.4 Å². The summed E-state index contributed by atoms with van der Waals surface area (Å²) in [5.74, 6) is 0.757.